The molecular formula is C14H21N3. The minimum absolute atomic E-state index is 0.817. The van der Waals surface area contributed by atoms with E-state index in [0.29, 0.717) is 0 Å². The summed E-state index contributed by atoms with van der Waals surface area (Å²) in [6.45, 7) is 6.09. The first-order valence-corrected chi connectivity index (χ1v) is 6.62. The largest absolute Gasteiger partial charge is 0.399 e. The van der Waals surface area contributed by atoms with Gasteiger partial charge in [-0.05, 0) is 37.1 Å². The molecule has 2 N–H and O–H groups in total. The fourth-order valence-corrected chi connectivity index (χ4v) is 3.08. The van der Waals surface area contributed by atoms with Gasteiger partial charge in [0.1, 0.15) is 0 Å². The highest BCUT2D eigenvalue weighted by Gasteiger charge is 2.30. The maximum Gasteiger partial charge on any atom is 0.0314 e. The number of piperazine rings is 1. The summed E-state index contributed by atoms with van der Waals surface area (Å²) in [5.41, 5.74) is 7.95. The van der Waals surface area contributed by atoms with Crippen molar-refractivity contribution in [3.05, 3.63) is 29.8 Å². The average molecular weight is 231 g/mol. The SMILES string of the molecule is Nc1ccc(CN2CCN3CCCC3C2)cc1. The number of hydrogen-bond acceptors (Lipinski definition) is 3. The van der Waals surface area contributed by atoms with E-state index >= 15 is 0 Å². The minimum Gasteiger partial charge on any atom is -0.399 e. The zero-order valence-electron chi connectivity index (χ0n) is 10.3. The highest BCUT2D eigenvalue weighted by atomic mass is 15.3. The molecule has 2 saturated heterocycles. The summed E-state index contributed by atoms with van der Waals surface area (Å²) in [5.74, 6) is 0. The van der Waals surface area contributed by atoms with Crippen molar-refractivity contribution in [1.82, 2.24) is 9.80 Å². The number of nitrogens with two attached hydrogens (primary N) is 1. The highest BCUT2D eigenvalue weighted by Crippen LogP contribution is 2.22. The van der Waals surface area contributed by atoms with Crippen molar-refractivity contribution >= 4 is 5.69 Å². The molecular weight excluding hydrogens is 210 g/mol. The van der Waals surface area contributed by atoms with Crippen LogP contribution in [0.4, 0.5) is 5.69 Å². The van der Waals surface area contributed by atoms with Gasteiger partial charge in [-0.3, -0.25) is 9.80 Å². The van der Waals surface area contributed by atoms with Crippen LogP contribution in [0.1, 0.15) is 18.4 Å². The summed E-state index contributed by atoms with van der Waals surface area (Å²) in [5, 5.41) is 0. The van der Waals surface area contributed by atoms with Crippen molar-refractivity contribution in [3.63, 3.8) is 0 Å². The molecule has 0 aliphatic carbocycles. The van der Waals surface area contributed by atoms with Crippen LogP contribution in [-0.4, -0.2) is 42.0 Å². The summed E-state index contributed by atoms with van der Waals surface area (Å²) < 4.78 is 0. The Morgan fingerprint density at radius 3 is 2.76 bits per heavy atom. The van der Waals surface area contributed by atoms with Gasteiger partial charge in [0.2, 0.25) is 0 Å². The van der Waals surface area contributed by atoms with Gasteiger partial charge in [0.25, 0.3) is 0 Å². The van der Waals surface area contributed by atoms with Crippen molar-refractivity contribution in [1.29, 1.82) is 0 Å². The van der Waals surface area contributed by atoms with Gasteiger partial charge in [-0.15, -0.1) is 0 Å². The Bertz CT molecular complexity index is 374. The molecule has 0 spiro atoms. The van der Waals surface area contributed by atoms with Gasteiger partial charge in [0, 0.05) is 37.9 Å². The van der Waals surface area contributed by atoms with Crippen molar-refractivity contribution in [2.75, 3.05) is 31.9 Å². The number of rotatable bonds is 2. The lowest BCUT2D eigenvalue weighted by atomic mass is 10.1. The van der Waals surface area contributed by atoms with Gasteiger partial charge in [-0.1, -0.05) is 12.1 Å². The van der Waals surface area contributed by atoms with Crippen LogP contribution >= 0.6 is 0 Å². The van der Waals surface area contributed by atoms with E-state index in [4.69, 9.17) is 5.73 Å². The lowest BCUT2D eigenvalue weighted by Gasteiger charge is -2.37. The third kappa shape index (κ3) is 2.45. The van der Waals surface area contributed by atoms with Crippen molar-refractivity contribution in [2.45, 2.75) is 25.4 Å². The Balaban J connectivity index is 1.60. The number of nitrogen functional groups attached to an aromatic ring is 1. The average Bonchev–Trinajstić information content (AvgIpc) is 2.79. The molecule has 2 fully saturated rings. The Labute approximate surface area is 103 Å². The van der Waals surface area contributed by atoms with Crippen LogP contribution in [-0.2, 0) is 6.54 Å². The van der Waals surface area contributed by atoms with Gasteiger partial charge < -0.3 is 5.73 Å². The summed E-state index contributed by atoms with van der Waals surface area (Å²) in [4.78, 5) is 5.23. The van der Waals surface area contributed by atoms with Crippen LogP contribution < -0.4 is 5.73 Å². The summed E-state index contributed by atoms with van der Waals surface area (Å²) in [6, 6.07) is 9.12. The molecule has 2 aliphatic heterocycles. The third-order valence-corrected chi connectivity index (χ3v) is 4.06. The second-order valence-corrected chi connectivity index (χ2v) is 5.31. The minimum atomic E-state index is 0.817. The second-order valence-electron chi connectivity index (χ2n) is 5.31. The molecule has 3 rings (SSSR count). The molecule has 3 nitrogen and oxygen atoms in total. The molecule has 1 aromatic carbocycles. The van der Waals surface area contributed by atoms with Crippen molar-refractivity contribution in [2.24, 2.45) is 0 Å². The van der Waals surface area contributed by atoms with Crippen LogP contribution in [0, 0.1) is 0 Å². The summed E-state index contributed by atoms with van der Waals surface area (Å²) >= 11 is 0. The fraction of sp³-hybridized carbons (Fsp3) is 0.571. The predicted molar refractivity (Wildman–Crippen MR) is 70.7 cm³/mol. The van der Waals surface area contributed by atoms with Crippen LogP contribution in [0.3, 0.4) is 0 Å². The number of hydrogen-bond donors (Lipinski definition) is 1. The topological polar surface area (TPSA) is 32.5 Å². The molecule has 0 amide bonds. The number of nitrogens with zero attached hydrogens (tertiary/aromatic N) is 2. The quantitative estimate of drug-likeness (QED) is 0.784. The molecule has 2 heterocycles. The Hall–Kier alpha value is -1.06. The maximum atomic E-state index is 5.71. The normalized spacial score (nSPS) is 26.0. The van der Waals surface area contributed by atoms with E-state index in [9.17, 15) is 0 Å². The van der Waals surface area contributed by atoms with Crippen molar-refractivity contribution in [3.8, 4) is 0 Å². The molecule has 3 heteroatoms. The lowest BCUT2D eigenvalue weighted by Crippen LogP contribution is -2.49. The first kappa shape index (κ1) is 11.1. The van der Waals surface area contributed by atoms with Gasteiger partial charge in [-0.25, -0.2) is 0 Å². The van der Waals surface area contributed by atoms with Gasteiger partial charge in [0.15, 0.2) is 0 Å². The standard InChI is InChI=1S/C14H21N3/c15-13-5-3-12(4-6-13)10-16-8-9-17-7-1-2-14(17)11-16/h3-6,14H,1-2,7-11,15H2. The fourth-order valence-electron chi connectivity index (χ4n) is 3.08. The Kier molecular flexibility index (Phi) is 3.04. The first-order valence-electron chi connectivity index (χ1n) is 6.62. The Morgan fingerprint density at radius 2 is 1.94 bits per heavy atom. The number of fused-ring (bicyclic) bond motifs is 1. The highest BCUT2D eigenvalue weighted by molar-refractivity contribution is 5.39. The summed E-state index contributed by atoms with van der Waals surface area (Å²) in [6.07, 6.45) is 2.78. The van der Waals surface area contributed by atoms with E-state index in [1.807, 2.05) is 12.1 Å². The van der Waals surface area contributed by atoms with E-state index < -0.39 is 0 Å². The molecule has 0 bridgehead atoms. The molecule has 2 aliphatic rings. The predicted octanol–water partition coefficient (Wildman–Crippen LogP) is 1.55. The van der Waals surface area contributed by atoms with E-state index in [1.54, 1.807) is 0 Å². The van der Waals surface area contributed by atoms with E-state index in [0.717, 1.165) is 18.3 Å². The monoisotopic (exact) mass is 231 g/mol. The third-order valence-electron chi connectivity index (χ3n) is 4.06. The second kappa shape index (κ2) is 4.67. The molecule has 0 saturated carbocycles. The molecule has 17 heavy (non-hydrogen) atoms. The number of benzene rings is 1. The zero-order chi connectivity index (χ0) is 11.7. The van der Waals surface area contributed by atoms with Gasteiger partial charge >= 0.3 is 0 Å². The smallest absolute Gasteiger partial charge is 0.0314 e. The first-order chi connectivity index (χ1) is 8.31. The maximum absolute atomic E-state index is 5.71. The molecule has 1 atom stereocenters. The van der Waals surface area contributed by atoms with E-state index in [2.05, 4.69) is 21.9 Å². The van der Waals surface area contributed by atoms with Crippen LogP contribution in [0.5, 0.6) is 0 Å². The molecule has 1 aromatic rings. The molecule has 0 radical (unpaired) electrons. The summed E-state index contributed by atoms with van der Waals surface area (Å²) in [7, 11) is 0. The van der Waals surface area contributed by atoms with Crippen LogP contribution in [0.15, 0.2) is 24.3 Å². The number of anilines is 1. The van der Waals surface area contributed by atoms with Crippen molar-refractivity contribution < 1.29 is 0 Å². The van der Waals surface area contributed by atoms with E-state index in [1.165, 1.54) is 44.6 Å². The molecule has 1 unspecified atom stereocenters. The molecule has 92 valence electrons. The van der Waals surface area contributed by atoms with E-state index in [-0.39, 0.29) is 0 Å². The van der Waals surface area contributed by atoms with Crippen LogP contribution in [0.2, 0.25) is 0 Å². The Morgan fingerprint density at radius 1 is 1.12 bits per heavy atom. The molecule has 0 aromatic heterocycles. The lowest BCUT2D eigenvalue weighted by molar-refractivity contribution is 0.0994. The van der Waals surface area contributed by atoms with Crippen LogP contribution in [0.25, 0.3) is 0 Å². The van der Waals surface area contributed by atoms with Gasteiger partial charge in [-0.2, -0.15) is 0 Å². The zero-order valence-corrected chi connectivity index (χ0v) is 10.3. The van der Waals surface area contributed by atoms with Gasteiger partial charge in [0.05, 0.1) is 0 Å².